The van der Waals surface area contributed by atoms with Crippen LogP contribution in [0.2, 0.25) is 0 Å². The lowest BCUT2D eigenvalue weighted by molar-refractivity contribution is -0.154. The van der Waals surface area contributed by atoms with Crippen LogP contribution < -0.4 is 10.8 Å². The molecule has 0 aromatic carbocycles. The number of hydrogen-bond donors (Lipinski definition) is 2. The Kier molecular flexibility index (Phi) is 4.03. The van der Waals surface area contributed by atoms with E-state index in [1.807, 2.05) is 6.92 Å². The van der Waals surface area contributed by atoms with Crippen LogP contribution in [0.5, 0.6) is 0 Å². The van der Waals surface area contributed by atoms with Gasteiger partial charge in [0.15, 0.2) is 6.04 Å². The van der Waals surface area contributed by atoms with Crippen molar-refractivity contribution in [2.75, 3.05) is 6.54 Å². The Labute approximate surface area is 102 Å². The fraction of sp³-hybridized carbons (Fsp3) is 0.769. The van der Waals surface area contributed by atoms with Gasteiger partial charge in [-0.1, -0.05) is 19.3 Å². The molecule has 17 heavy (non-hydrogen) atoms. The van der Waals surface area contributed by atoms with E-state index in [1.54, 1.807) is 0 Å². The molecule has 0 saturated heterocycles. The molecule has 2 N–H and O–H groups in total. The molecule has 2 aliphatic carbocycles. The van der Waals surface area contributed by atoms with Crippen molar-refractivity contribution in [1.82, 2.24) is 10.8 Å². The number of carbonyl (C=O) groups excluding carboxylic acids is 1. The minimum absolute atomic E-state index is 0.331. The van der Waals surface area contributed by atoms with Crippen molar-refractivity contribution in [3.8, 4) is 12.3 Å². The summed E-state index contributed by atoms with van der Waals surface area (Å²) < 4.78 is 0. The van der Waals surface area contributed by atoms with Gasteiger partial charge in [0, 0.05) is 6.04 Å². The van der Waals surface area contributed by atoms with Crippen LogP contribution in [-0.2, 0) is 9.63 Å². The van der Waals surface area contributed by atoms with Gasteiger partial charge in [-0.2, -0.15) is 0 Å². The van der Waals surface area contributed by atoms with E-state index in [0.29, 0.717) is 18.5 Å². The van der Waals surface area contributed by atoms with Crippen LogP contribution in [0.15, 0.2) is 0 Å². The fourth-order valence-electron chi connectivity index (χ4n) is 3.00. The molecule has 0 spiro atoms. The van der Waals surface area contributed by atoms with Crippen LogP contribution in [0.4, 0.5) is 0 Å². The maximum Gasteiger partial charge on any atom is 0.354 e. The molecule has 4 atom stereocenters. The van der Waals surface area contributed by atoms with Crippen LogP contribution in [0.25, 0.3) is 0 Å². The van der Waals surface area contributed by atoms with Crippen LogP contribution in [-0.4, -0.2) is 24.6 Å². The highest BCUT2D eigenvalue weighted by Gasteiger charge is 2.40. The number of hydroxylamine groups is 1. The third kappa shape index (κ3) is 2.80. The lowest BCUT2D eigenvalue weighted by Crippen LogP contribution is -2.43. The first-order valence-electron chi connectivity index (χ1n) is 6.40. The van der Waals surface area contributed by atoms with Gasteiger partial charge in [-0.3, -0.25) is 5.32 Å². The summed E-state index contributed by atoms with van der Waals surface area (Å²) >= 11 is 0. The van der Waals surface area contributed by atoms with Crippen molar-refractivity contribution in [3.63, 3.8) is 0 Å². The molecular weight excluding hydrogens is 216 g/mol. The molecule has 4 nitrogen and oxygen atoms in total. The minimum Gasteiger partial charge on any atom is -0.368 e. The van der Waals surface area contributed by atoms with E-state index in [1.165, 1.54) is 19.3 Å². The second kappa shape index (κ2) is 5.52. The van der Waals surface area contributed by atoms with Crippen LogP contribution in [0, 0.1) is 24.2 Å². The summed E-state index contributed by atoms with van der Waals surface area (Å²) in [6.45, 7) is 2.55. The topological polar surface area (TPSA) is 50.4 Å². The molecular formula is C13H20N2O2. The van der Waals surface area contributed by atoms with Gasteiger partial charge in [0.05, 0.1) is 0 Å². The predicted molar refractivity (Wildman–Crippen MR) is 64.8 cm³/mol. The summed E-state index contributed by atoms with van der Waals surface area (Å²) in [6.07, 6.45) is 10.3. The molecule has 2 aliphatic rings. The second-order valence-electron chi connectivity index (χ2n) is 4.98. The van der Waals surface area contributed by atoms with Crippen molar-refractivity contribution >= 4 is 5.97 Å². The molecule has 2 saturated carbocycles. The normalized spacial score (nSPS) is 32.1. The average Bonchev–Trinajstić information content (AvgIpc) is 2.95. The smallest absolute Gasteiger partial charge is 0.354 e. The van der Waals surface area contributed by atoms with Crippen LogP contribution in [0.1, 0.15) is 32.6 Å². The van der Waals surface area contributed by atoms with Crippen molar-refractivity contribution in [2.45, 2.75) is 44.7 Å². The highest BCUT2D eigenvalue weighted by atomic mass is 16.7. The van der Waals surface area contributed by atoms with Gasteiger partial charge in [-0.05, 0) is 37.6 Å². The third-order valence-electron chi connectivity index (χ3n) is 3.86. The van der Waals surface area contributed by atoms with Gasteiger partial charge in [0.2, 0.25) is 0 Å². The van der Waals surface area contributed by atoms with Crippen molar-refractivity contribution in [2.24, 2.45) is 11.8 Å². The van der Waals surface area contributed by atoms with E-state index in [2.05, 4.69) is 16.7 Å². The molecule has 4 heteroatoms. The molecule has 0 aromatic rings. The molecule has 2 bridgehead atoms. The standard InChI is InChI=1S/C13H20N2O2/c1-3-11(14-4-2)13(16)17-15-12-8-9-5-6-10(12)7-9/h1,9-12,14-15H,4-8H2,2H3. The molecule has 94 valence electrons. The fourth-order valence-corrected chi connectivity index (χ4v) is 3.00. The number of carbonyl (C=O) groups is 1. The highest BCUT2D eigenvalue weighted by Crippen LogP contribution is 2.44. The number of terminal acetylenes is 1. The van der Waals surface area contributed by atoms with Gasteiger partial charge in [-0.15, -0.1) is 11.9 Å². The molecule has 0 aliphatic heterocycles. The Hall–Kier alpha value is -1.05. The van der Waals surface area contributed by atoms with E-state index in [4.69, 9.17) is 11.3 Å². The summed E-state index contributed by atoms with van der Waals surface area (Å²) in [5, 5.41) is 2.89. The van der Waals surface area contributed by atoms with E-state index in [0.717, 1.165) is 12.3 Å². The first-order valence-corrected chi connectivity index (χ1v) is 6.40. The quantitative estimate of drug-likeness (QED) is 0.548. The van der Waals surface area contributed by atoms with Crippen LogP contribution in [0.3, 0.4) is 0 Å². The predicted octanol–water partition coefficient (Wildman–Crippen LogP) is 0.834. The Bertz CT molecular complexity index is 324. The molecule has 2 fully saturated rings. The van der Waals surface area contributed by atoms with Crippen molar-refractivity contribution in [3.05, 3.63) is 0 Å². The third-order valence-corrected chi connectivity index (χ3v) is 3.86. The Morgan fingerprint density at radius 1 is 1.53 bits per heavy atom. The minimum atomic E-state index is -0.647. The Morgan fingerprint density at radius 3 is 2.88 bits per heavy atom. The number of nitrogens with one attached hydrogen (secondary N) is 2. The zero-order valence-corrected chi connectivity index (χ0v) is 10.2. The van der Waals surface area contributed by atoms with E-state index in [9.17, 15) is 4.79 Å². The summed E-state index contributed by atoms with van der Waals surface area (Å²) in [5.41, 5.74) is 2.90. The molecule has 0 amide bonds. The second-order valence-corrected chi connectivity index (χ2v) is 4.98. The highest BCUT2D eigenvalue weighted by molar-refractivity contribution is 5.79. The zero-order valence-electron chi connectivity index (χ0n) is 10.2. The Morgan fingerprint density at radius 2 is 2.35 bits per heavy atom. The van der Waals surface area contributed by atoms with E-state index in [-0.39, 0.29) is 0 Å². The van der Waals surface area contributed by atoms with Gasteiger partial charge in [0.25, 0.3) is 0 Å². The van der Waals surface area contributed by atoms with E-state index < -0.39 is 12.0 Å². The lowest BCUT2D eigenvalue weighted by atomic mass is 9.96. The number of hydrogen-bond acceptors (Lipinski definition) is 4. The number of rotatable bonds is 5. The van der Waals surface area contributed by atoms with Crippen molar-refractivity contribution < 1.29 is 9.63 Å². The monoisotopic (exact) mass is 236 g/mol. The van der Waals surface area contributed by atoms with Crippen molar-refractivity contribution in [1.29, 1.82) is 0 Å². The summed E-state index contributed by atoms with van der Waals surface area (Å²) in [6, 6.07) is -0.316. The molecule has 0 radical (unpaired) electrons. The molecule has 0 aromatic heterocycles. The van der Waals surface area contributed by atoms with Gasteiger partial charge < -0.3 is 4.84 Å². The summed E-state index contributed by atoms with van der Waals surface area (Å²) in [5.74, 6) is 3.49. The van der Waals surface area contributed by atoms with Gasteiger partial charge >= 0.3 is 5.97 Å². The molecule has 4 unspecified atom stereocenters. The molecule has 0 heterocycles. The first kappa shape index (κ1) is 12.4. The number of fused-ring (bicyclic) bond motifs is 2. The maximum atomic E-state index is 11.6. The average molecular weight is 236 g/mol. The largest absolute Gasteiger partial charge is 0.368 e. The molecule has 2 rings (SSSR count). The summed E-state index contributed by atoms with van der Waals surface area (Å²) in [7, 11) is 0. The van der Waals surface area contributed by atoms with E-state index >= 15 is 0 Å². The summed E-state index contributed by atoms with van der Waals surface area (Å²) in [4.78, 5) is 16.7. The first-order chi connectivity index (χ1) is 8.24. The maximum absolute atomic E-state index is 11.6. The van der Waals surface area contributed by atoms with Crippen LogP contribution >= 0.6 is 0 Å². The SMILES string of the molecule is C#CC(NCC)C(=O)ONC1CC2CCC1C2. The number of likely N-dealkylation sites (N-methyl/N-ethyl adjacent to an activating group) is 1. The Balaban J connectivity index is 1.74. The lowest BCUT2D eigenvalue weighted by Gasteiger charge is -2.22. The zero-order chi connectivity index (χ0) is 12.3. The van der Waals surface area contributed by atoms with Gasteiger partial charge in [-0.25, -0.2) is 4.79 Å². The van der Waals surface area contributed by atoms with Gasteiger partial charge in [0.1, 0.15) is 0 Å².